The normalized spacial score (nSPS) is 36.4. The SMILES string of the molecule is CCCCN1CC=C[C@]23O[C@@]4(CC)/C=C\CCCCOC(=O)[C@H]4[C@H]2C(=O)N([C@@H](CO)[C@@H](C)CC)C3C1=O. The minimum atomic E-state index is -1.31. The van der Waals surface area contributed by atoms with Crippen molar-refractivity contribution in [2.75, 3.05) is 26.3 Å². The van der Waals surface area contributed by atoms with Crippen LogP contribution in [0.3, 0.4) is 0 Å². The number of aliphatic hydroxyl groups excluding tert-OH is 1. The van der Waals surface area contributed by atoms with Gasteiger partial charge in [0.1, 0.15) is 23.2 Å². The summed E-state index contributed by atoms with van der Waals surface area (Å²) in [6, 6.07) is -1.51. The molecule has 8 heteroatoms. The smallest absolute Gasteiger partial charge is 0.313 e. The second-order valence-corrected chi connectivity index (χ2v) is 11.1. The zero-order valence-electron chi connectivity index (χ0n) is 22.9. The van der Waals surface area contributed by atoms with E-state index in [0.29, 0.717) is 26.1 Å². The monoisotopic (exact) mass is 516 g/mol. The number of fused-ring (bicyclic) bond motifs is 2. The first kappa shape index (κ1) is 27.8. The summed E-state index contributed by atoms with van der Waals surface area (Å²) < 4.78 is 12.7. The number of esters is 1. The molecule has 7 atom stereocenters. The number of cyclic esters (lactones) is 1. The van der Waals surface area contributed by atoms with E-state index < -0.39 is 41.1 Å². The van der Waals surface area contributed by atoms with Gasteiger partial charge >= 0.3 is 5.97 Å². The van der Waals surface area contributed by atoms with Crippen LogP contribution in [-0.2, 0) is 23.9 Å². The van der Waals surface area contributed by atoms with Gasteiger partial charge in [-0.05, 0) is 38.0 Å². The number of aliphatic hydroxyl groups is 1. The second kappa shape index (κ2) is 11.3. The largest absolute Gasteiger partial charge is 0.465 e. The van der Waals surface area contributed by atoms with Crippen LogP contribution in [0.1, 0.15) is 72.6 Å². The number of likely N-dealkylation sites (tertiary alicyclic amines) is 1. The molecule has 0 aromatic rings. The first-order chi connectivity index (χ1) is 17.8. The average Bonchev–Trinajstić information content (AvgIpc) is 3.26. The highest BCUT2D eigenvalue weighted by Gasteiger charge is 2.76. The van der Waals surface area contributed by atoms with Crippen molar-refractivity contribution in [2.24, 2.45) is 17.8 Å². The van der Waals surface area contributed by atoms with E-state index in [-0.39, 0.29) is 24.3 Å². The van der Waals surface area contributed by atoms with E-state index in [1.165, 1.54) is 0 Å². The van der Waals surface area contributed by atoms with E-state index in [4.69, 9.17) is 9.47 Å². The van der Waals surface area contributed by atoms with Crippen LogP contribution in [-0.4, -0.2) is 82.3 Å². The number of unbranched alkanes of at least 4 members (excludes halogenated alkanes) is 1. The number of amides is 2. The number of nitrogens with zero attached hydrogens (tertiary/aromatic N) is 2. The number of rotatable bonds is 8. The summed E-state index contributed by atoms with van der Waals surface area (Å²) >= 11 is 0. The molecule has 2 saturated heterocycles. The Hall–Kier alpha value is -2.19. The van der Waals surface area contributed by atoms with E-state index in [9.17, 15) is 19.5 Å². The Morgan fingerprint density at radius 2 is 1.86 bits per heavy atom. The third-order valence-corrected chi connectivity index (χ3v) is 9.03. The molecule has 4 rings (SSSR count). The lowest BCUT2D eigenvalue weighted by molar-refractivity contribution is -0.164. The molecular weight excluding hydrogens is 472 g/mol. The van der Waals surface area contributed by atoms with Gasteiger partial charge in [-0.2, -0.15) is 0 Å². The van der Waals surface area contributed by atoms with Gasteiger partial charge in [0.2, 0.25) is 11.8 Å². The van der Waals surface area contributed by atoms with Gasteiger partial charge < -0.3 is 24.4 Å². The molecule has 2 amide bonds. The number of carbonyl (C=O) groups is 3. The number of hydrogen-bond acceptors (Lipinski definition) is 6. The van der Waals surface area contributed by atoms with E-state index in [0.717, 1.165) is 38.5 Å². The summed E-state index contributed by atoms with van der Waals surface area (Å²) in [5, 5.41) is 10.5. The van der Waals surface area contributed by atoms with E-state index in [1.54, 1.807) is 9.80 Å². The Labute approximate surface area is 221 Å². The van der Waals surface area contributed by atoms with Gasteiger partial charge in [0, 0.05) is 13.1 Å². The van der Waals surface area contributed by atoms with E-state index in [2.05, 4.69) is 13.0 Å². The standard InChI is InChI=1S/C29H44N2O6/c1-5-8-16-30-17-13-15-29-22(25(33)31(24(29)26(30)34)21(19-32)20(4)6-2)23-27(35)36-18-12-10-9-11-14-28(23,7-3)37-29/h11,13-15,20-24,32H,5-10,12,16-19H2,1-4H3/b14-11-/t20-,21-,22-,23+,24?,28-,29-/m0/s1. The van der Waals surface area contributed by atoms with Crippen molar-refractivity contribution in [3.8, 4) is 0 Å². The highest BCUT2D eigenvalue weighted by atomic mass is 16.6. The molecule has 4 heterocycles. The Bertz CT molecular complexity index is 933. The molecule has 0 bridgehead atoms. The minimum Gasteiger partial charge on any atom is -0.465 e. The van der Waals surface area contributed by atoms with Crippen LogP contribution in [0, 0.1) is 17.8 Å². The molecule has 37 heavy (non-hydrogen) atoms. The Balaban J connectivity index is 1.90. The van der Waals surface area contributed by atoms with Gasteiger partial charge in [-0.25, -0.2) is 0 Å². The van der Waals surface area contributed by atoms with Crippen molar-refractivity contribution in [1.29, 1.82) is 0 Å². The zero-order valence-corrected chi connectivity index (χ0v) is 22.9. The highest BCUT2D eigenvalue weighted by molar-refractivity contribution is 5.99. The lowest BCUT2D eigenvalue weighted by atomic mass is 9.73. The second-order valence-electron chi connectivity index (χ2n) is 11.1. The Morgan fingerprint density at radius 3 is 2.54 bits per heavy atom. The maximum atomic E-state index is 14.5. The molecule has 1 N–H and O–H groups in total. The summed E-state index contributed by atoms with van der Waals surface area (Å²) in [6.07, 6.45) is 13.3. The molecular formula is C29H44N2O6. The van der Waals surface area contributed by atoms with Crippen LogP contribution >= 0.6 is 0 Å². The molecule has 0 aromatic carbocycles. The maximum absolute atomic E-state index is 14.5. The fourth-order valence-electron chi connectivity index (χ4n) is 6.75. The van der Waals surface area contributed by atoms with E-state index >= 15 is 0 Å². The molecule has 4 aliphatic heterocycles. The molecule has 0 aliphatic carbocycles. The molecule has 0 radical (unpaired) electrons. The van der Waals surface area contributed by atoms with Gasteiger partial charge in [-0.1, -0.05) is 64.8 Å². The van der Waals surface area contributed by atoms with Crippen LogP contribution in [0.2, 0.25) is 0 Å². The van der Waals surface area contributed by atoms with Crippen LogP contribution in [0.15, 0.2) is 24.3 Å². The summed E-state index contributed by atoms with van der Waals surface area (Å²) in [7, 11) is 0. The number of ether oxygens (including phenoxy) is 2. The molecule has 8 nitrogen and oxygen atoms in total. The zero-order chi connectivity index (χ0) is 26.8. The van der Waals surface area contributed by atoms with Crippen LogP contribution in [0.4, 0.5) is 0 Å². The van der Waals surface area contributed by atoms with Crippen molar-refractivity contribution in [2.45, 2.75) is 95.9 Å². The highest BCUT2D eigenvalue weighted by Crippen LogP contribution is 2.58. The van der Waals surface area contributed by atoms with Crippen molar-refractivity contribution in [3.05, 3.63) is 24.3 Å². The van der Waals surface area contributed by atoms with Crippen molar-refractivity contribution >= 4 is 17.8 Å². The topological polar surface area (TPSA) is 96.4 Å². The molecule has 1 spiro atoms. The predicted octanol–water partition coefficient (Wildman–Crippen LogP) is 3.24. The fraction of sp³-hybridized carbons (Fsp3) is 0.759. The molecule has 206 valence electrons. The summed E-state index contributed by atoms with van der Waals surface area (Å²) in [5.74, 6) is -2.74. The van der Waals surface area contributed by atoms with E-state index in [1.807, 2.05) is 39.0 Å². The van der Waals surface area contributed by atoms with Crippen LogP contribution < -0.4 is 0 Å². The molecule has 2 fully saturated rings. The van der Waals surface area contributed by atoms with Gasteiger partial charge in [0.25, 0.3) is 0 Å². The third kappa shape index (κ3) is 4.54. The van der Waals surface area contributed by atoms with Crippen molar-refractivity contribution in [3.63, 3.8) is 0 Å². The van der Waals surface area contributed by atoms with Crippen LogP contribution in [0.5, 0.6) is 0 Å². The fourth-order valence-corrected chi connectivity index (χ4v) is 6.75. The van der Waals surface area contributed by atoms with Crippen molar-refractivity contribution < 1.29 is 29.0 Å². The molecule has 1 unspecified atom stereocenters. The van der Waals surface area contributed by atoms with Gasteiger partial charge in [-0.15, -0.1) is 0 Å². The van der Waals surface area contributed by atoms with Crippen LogP contribution in [0.25, 0.3) is 0 Å². The molecule has 0 aromatic heterocycles. The Morgan fingerprint density at radius 1 is 1.08 bits per heavy atom. The van der Waals surface area contributed by atoms with Gasteiger partial charge in [0.15, 0.2) is 0 Å². The van der Waals surface area contributed by atoms with Gasteiger partial charge in [0.05, 0.1) is 25.2 Å². The number of carbonyl (C=O) groups excluding carboxylic acids is 3. The lowest BCUT2D eigenvalue weighted by Crippen LogP contribution is -2.60. The number of allylic oxidation sites excluding steroid dienone is 1. The first-order valence-corrected chi connectivity index (χ1v) is 14.3. The van der Waals surface area contributed by atoms with Gasteiger partial charge in [-0.3, -0.25) is 14.4 Å². The lowest BCUT2D eigenvalue weighted by Gasteiger charge is -2.42. The number of hydrogen-bond donors (Lipinski definition) is 1. The quantitative estimate of drug-likeness (QED) is 0.393. The van der Waals surface area contributed by atoms with Crippen molar-refractivity contribution in [1.82, 2.24) is 9.80 Å². The predicted molar refractivity (Wildman–Crippen MR) is 139 cm³/mol. The third-order valence-electron chi connectivity index (χ3n) is 9.03. The molecule has 0 saturated carbocycles. The molecule has 4 aliphatic rings. The first-order valence-electron chi connectivity index (χ1n) is 14.3. The summed E-state index contributed by atoms with van der Waals surface area (Å²) in [4.78, 5) is 45.8. The Kier molecular flexibility index (Phi) is 8.48. The minimum absolute atomic E-state index is 0.0409. The maximum Gasteiger partial charge on any atom is 0.313 e. The summed E-state index contributed by atoms with van der Waals surface area (Å²) in [5.41, 5.74) is -2.36. The summed E-state index contributed by atoms with van der Waals surface area (Å²) in [6.45, 7) is 9.07. The average molecular weight is 517 g/mol.